The molecule has 0 radical (unpaired) electrons. The van der Waals surface area contributed by atoms with Crippen molar-refractivity contribution >= 4 is 0 Å². The molecule has 0 aliphatic carbocycles. The van der Waals surface area contributed by atoms with Gasteiger partial charge in [-0.25, -0.2) is 0 Å². The minimum atomic E-state index is 0.239. The van der Waals surface area contributed by atoms with Gasteiger partial charge in [0, 0.05) is 19.3 Å². The van der Waals surface area contributed by atoms with Crippen molar-refractivity contribution < 1.29 is 9.47 Å². The highest BCUT2D eigenvalue weighted by Crippen LogP contribution is 2.10. The van der Waals surface area contributed by atoms with Crippen LogP contribution in [0.5, 0.6) is 0 Å². The van der Waals surface area contributed by atoms with E-state index in [1.54, 1.807) is 7.11 Å². The van der Waals surface area contributed by atoms with Gasteiger partial charge in [0.25, 0.3) is 0 Å². The van der Waals surface area contributed by atoms with Gasteiger partial charge in [0.1, 0.15) is 0 Å². The van der Waals surface area contributed by atoms with Crippen molar-refractivity contribution in [2.24, 2.45) is 5.92 Å². The van der Waals surface area contributed by atoms with E-state index >= 15 is 0 Å². The predicted octanol–water partition coefficient (Wildman–Crippen LogP) is 2.84. The Labute approximate surface area is 107 Å². The first-order valence-corrected chi connectivity index (χ1v) is 6.77. The smallest absolute Gasteiger partial charge is 0.0700 e. The van der Waals surface area contributed by atoms with E-state index in [-0.39, 0.29) is 5.54 Å². The van der Waals surface area contributed by atoms with Crippen molar-refractivity contribution in [3.8, 4) is 0 Å². The zero-order valence-corrected chi connectivity index (χ0v) is 12.3. The van der Waals surface area contributed by atoms with Crippen molar-refractivity contribution in [1.82, 2.24) is 5.32 Å². The van der Waals surface area contributed by atoms with Crippen LogP contribution in [-0.4, -0.2) is 39.0 Å². The number of hydrogen-bond acceptors (Lipinski definition) is 3. The molecule has 1 atom stereocenters. The summed E-state index contributed by atoms with van der Waals surface area (Å²) in [6.45, 7) is 12.3. The summed E-state index contributed by atoms with van der Waals surface area (Å²) in [5.41, 5.74) is 0.239. The standard InChI is InChI=1S/C14H31NO2/c1-13(8-9-15-14(2,3)4)7-6-10-17-12-11-16-5/h13,15H,6-12H2,1-5H3. The second kappa shape index (κ2) is 9.86. The van der Waals surface area contributed by atoms with Gasteiger partial charge >= 0.3 is 0 Å². The summed E-state index contributed by atoms with van der Waals surface area (Å²) in [4.78, 5) is 0. The fraction of sp³-hybridized carbons (Fsp3) is 1.00. The van der Waals surface area contributed by atoms with Crippen molar-refractivity contribution in [3.05, 3.63) is 0 Å². The molecule has 0 aliphatic heterocycles. The van der Waals surface area contributed by atoms with E-state index in [0.717, 1.165) is 32.1 Å². The number of ether oxygens (including phenoxy) is 2. The third-order valence-corrected chi connectivity index (χ3v) is 2.71. The number of rotatable bonds is 10. The molecule has 0 heterocycles. The second-order valence-electron chi connectivity index (χ2n) is 5.82. The van der Waals surface area contributed by atoms with E-state index in [0.29, 0.717) is 6.61 Å². The summed E-state index contributed by atoms with van der Waals surface area (Å²) in [5.74, 6) is 0.774. The van der Waals surface area contributed by atoms with Crippen LogP contribution in [0.25, 0.3) is 0 Å². The van der Waals surface area contributed by atoms with E-state index in [2.05, 4.69) is 33.0 Å². The fourth-order valence-corrected chi connectivity index (χ4v) is 1.62. The molecule has 0 amide bonds. The molecule has 0 aromatic carbocycles. The summed E-state index contributed by atoms with van der Waals surface area (Å²) >= 11 is 0. The lowest BCUT2D eigenvalue weighted by atomic mass is 10.0. The third-order valence-electron chi connectivity index (χ3n) is 2.71. The van der Waals surface area contributed by atoms with Crippen LogP contribution < -0.4 is 5.32 Å². The maximum Gasteiger partial charge on any atom is 0.0700 e. The number of nitrogens with one attached hydrogen (secondary N) is 1. The molecule has 0 spiro atoms. The van der Waals surface area contributed by atoms with E-state index in [9.17, 15) is 0 Å². The highest BCUT2D eigenvalue weighted by atomic mass is 16.5. The molecule has 3 heteroatoms. The summed E-state index contributed by atoms with van der Waals surface area (Å²) in [6.07, 6.45) is 3.65. The largest absolute Gasteiger partial charge is 0.382 e. The van der Waals surface area contributed by atoms with Crippen LogP contribution in [0.15, 0.2) is 0 Å². The van der Waals surface area contributed by atoms with Crippen molar-refractivity contribution in [2.75, 3.05) is 33.5 Å². The minimum Gasteiger partial charge on any atom is -0.382 e. The molecule has 104 valence electrons. The molecule has 1 N–H and O–H groups in total. The molecular weight excluding hydrogens is 214 g/mol. The third kappa shape index (κ3) is 13.8. The highest BCUT2D eigenvalue weighted by Gasteiger charge is 2.09. The van der Waals surface area contributed by atoms with Crippen molar-refractivity contribution in [1.29, 1.82) is 0 Å². The van der Waals surface area contributed by atoms with Crippen LogP contribution in [0.1, 0.15) is 47.0 Å². The maximum absolute atomic E-state index is 5.44. The first-order chi connectivity index (χ1) is 7.95. The molecule has 0 bridgehead atoms. The quantitative estimate of drug-likeness (QED) is 0.600. The van der Waals surface area contributed by atoms with E-state index in [4.69, 9.17) is 9.47 Å². The topological polar surface area (TPSA) is 30.5 Å². The molecule has 0 aromatic rings. The van der Waals surface area contributed by atoms with Crippen LogP contribution in [0, 0.1) is 5.92 Å². The Morgan fingerprint density at radius 1 is 1.06 bits per heavy atom. The van der Waals surface area contributed by atoms with Crippen LogP contribution in [-0.2, 0) is 9.47 Å². The van der Waals surface area contributed by atoms with E-state index in [1.807, 2.05) is 0 Å². The Hall–Kier alpha value is -0.120. The summed E-state index contributed by atoms with van der Waals surface area (Å²) in [7, 11) is 1.70. The van der Waals surface area contributed by atoms with Crippen molar-refractivity contribution in [3.63, 3.8) is 0 Å². The molecular formula is C14H31NO2. The summed E-state index contributed by atoms with van der Waals surface area (Å²) < 4.78 is 10.4. The molecule has 0 fully saturated rings. The van der Waals surface area contributed by atoms with E-state index < -0.39 is 0 Å². The van der Waals surface area contributed by atoms with Crippen LogP contribution >= 0.6 is 0 Å². The normalized spacial score (nSPS) is 13.9. The van der Waals surface area contributed by atoms with Gasteiger partial charge in [0.15, 0.2) is 0 Å². The zero-order chi connectivity index (χ0) is 13.1. The average molecular weight is 245 g/mol. The van der Waals surface area contributed by atoms with Gasteiger partial charge in [0.2, 0.25) is 0 Å². The first-order valence-electron chi connectivity index (χ1n) is 6.77. The Morgan fingerprint density at radius 2 is 1.76 bits per heavy atom. The molecule has 1 unspecified atom stereocenters. The van der Waals surface area contributed by atoms with Crippen LogP contribution in [0.3, 0.4) is 0 Å². The Bertz CT molecular complexity index is 166. The number of hydrogen-bond donors (Lipinski definition) is 1. The molecule has 0 aromatic heterocycles. The monoisotopic (exact) mass is 245 g/mol. The molecule has 17 heavy (non-hydrogen) atoms. The zero-order valence-electron chi connectivity index (χ0n) is 12.3. The molecule has 0 rings (SSSR count). The minimum absolute atomic E-state index is 0.239. The molecule has 3 nitrogen and oxygen atoms in total. The Balaban J connectivity index is 3.26. The molecule has 0 saturated carbocycles. The maximum atomic E-state index is 5.44. The van der Waals surface area contributed by atoms with Gasteiger partial charge in [0.05, 0.1) is 13.2 Å². The van der Waals surface area contributed by atoms with Gasteiger partial charge in [-0.15, -0.1) is 0 Å². The van der Waals surface area contributed by atoms with Crippen molar-refractivity contribution in [2.45, 2.75) is 52.5 Å². The Morgan fingerprint density at radius 3 is 2.35 bits per heavy atom. The second-order valence-corrected chi connectivity index (χ2v) is 5.82. The number of methoxy groups -OCH3 is 1. The first kappa shape index (κ1) is 16.9. The molecule has 0 saturated heterocycles. The molecule has 0 aliphatic rings. The predicted molar refractivity (Wildman–Crippen MR) is 73.5 cm³/mol. The lowest BCUT2D eigenvalue weighted by Crippen LogP contribution is -2.36. The lowest BCUT2D eigenvalue weighted by molar-refractivity contribution is 0.0673. The lowest BCUT2D eigenvalue weighted by Gasteiger charge is -2.22. The van der Waals surface area contributed by atoms with Gasteiger partial charge in [-0.2, -0.15) is 0 Å². The highest BCUT2D eigenvalue weighted by molar-refractivity contribution is 4.70. The summed E-state index contributed by atoms with van der Waals surface area (Å²) in [6, 6.07) is 0. The fourth-order valence-electron chi connectivity index (χ4n) is 1.62. The van der Waals surface area contributed by atoms with Crippen LogP contribution in [0.4, 0.5) is 0 Å². The van der Waals surface area contributed by atoms with Crippen LogP contribution in [0.2, 0.25) is 0 Å². The van der Waals surface area contributed by atoms with E-state index in [1.165, 1.54) is 12.8 Å². The average Bonchev–Trinajstić information content (AvgIpc) is 2.21. The van der Waals surface area contributed by atoms with Gasteiger partial charge < -0.3 is 14.8 Å². The Kier molecular flexibility index (Phi) is 9.79. The van der Waals surface area contributed by atoms with Gasteiger partial charge in [-0.05, 0) is 52.5 Å². The van der Waals surface area contributed by atoms with Gasteiger partial charge in [-0.3, -0.25) is 0 Å². The van der Waals surface area contributed by atoms with Gasteiger partial charge in [-0.1, -0.05) is 6.92 Å². The SMILES string of the molecule is COCCOCCCC(C)CCNC(C)(C)C. The summed E-state index contributed by atoms with van der Waals surface area (Å²) in [5, 5.41) is 3.52.